The first-order chi connectivity index (χ1) is 10.1. The summed E-state index contributed by atoms with van der Waals surface area (Å²) in [6.07, 6.45) is 0.893. The maximum Gasteiger partial charge on any atom is 0.237 e. The van der Waals surface area contributed by atoms with E-state index in [-0.39, 0.29) is 24.0 Å². The molecular weight excluding hydrogens is 268 g/mol. The lowest BCUT2D eigenvalue weighted by molar-refractivity contribution is -0.123. The Morgan fingerprint density at radius 1 is 1.43 bits per heavy atom. The first kappa shape index (κ1) is 15.8. The molecule has 1 amide bonds. The molecule has 1 aliphatic rings. The average Bonchev–Trinajstić information content (AvgIpc) is 3.00. The summed E-state index contributed by atoms with van der Waals surface area (Å²) >= 11 is 0. The molecule has 0 unspecified atom stereocenters. The lowest BCUT2D eigenvalue weighted by atomic mass is 10.1. The molecule has 5 heteroatoms. The highest BCUT2D eigenvalue weighted by Crippen LogP contribution is 2.19. The van der Waals surface area contributed by atoms with Crippen LogP contribution in [0.4, 0.5) is 0 Å². The molecule has 0 saturated carbocycles. The number of carbonyl (C=O) groups excluding carboxylic acids is 1. The van der Waals surface area contributed by atoms with Gasteiger partial charge in [-0.3, -0.25) is 10.1 Å². The van der Waals surface area contributed by atoms with Crippen LogP contribution in [0.2, 0.25) is 0 Å². The Kier molecular flexibility index (Phi) is 5.59. The molecule has 1 aliphatic heterocycles. The van der Waals surface area contributed by atoms with Gasteiger partial charge in [-0.1, -0.05) is 12.1 Å². The maximum absolute atomic E-state index is 12.1. The lowest BCUT2D eigenvalue weighted by Gasteiger charge is -2.21. The monoisotopic (exact) mass is 292 g/mol. The summed E-state index contributed by atoms with van der Waals surface area (Å²) in [6, 6.07) is 7.82. The maximum atomic E-state index is 12.1. The fourth-order valence-electron chi connectivity index (χ4n) is 2.43. The van der Waals surface area contributed by atoms with Crippen LogP contribution in [-0.2, 0) is 9.53 Å². The van der Waals surface area contributed by atoms with Crippen molar-refractivity contribution in [3.63, 3.8) is 0 Å². The topological polar surface area (TPSA) is 59.6 Å². The third kappa shape index (κ3) is 4.44. The first-order valence-corrected chi connectivity index (χ1v) is 7.38. The highest BCUT2D eigenvalue weighted by Gasteiger charge is 2.22. The Bertz CT molecular complexity index is 472. The number of hydrogen-bond donors (Lipinski definition) is 2. The van der Waals surface area contributed by atoms with Gasteiger partial charge in [-0.05, 0) is 38.0 Å². The molecule has 3 atom stereocenters. The standard InChI is InChI=1S/C16H24N2O3/c1-11(13-5-4-6-15(9-13)20-3)17-12(2)16(19)18-14-7-8-21-10-14/h4-6,9,11-12,14,17H,7-8,10H2,1-3H3,(H,18,19)/t11-,12+,14+/m0/s1. The largest absolute Gasteiger partial charge is 0.497 e. The molecule has 0 spiro atoms. The molecule has 1 fully saturated rings. The Morgan fingerprint density at radius 3 is 2.90 bits per heavy atom. The van der Waals surface area contributed by atoms with Crippen molar-refractivity contribution in [2.24, 2.45) is 0 Å². The Labute approximate surface area is 126 Å². The number of rotatable bonds is 6. The molecule has 1 saturated heterocycles. The van der Waals surface area contributed by atoms with E-state index in [1.807, 2.05) is 38.1 Å². The van der Waals surface area contributed by atoms with Crippen LogP contribution in [0.25, 0.3) is 0 Å². The molecule has 0 bridgehead atoms. The van der Waals surface area contributed by atoms with Gasteiger partial charge in [-0.2, -0.15) is 0 Å². The van der Waals surface area contributed by atoms with Crippen molar-refractivity contribution >= 4 is 5.91 Å². The quantitative estimate of drug-likeness (QED) is 0.837. The molecule has 0 aromatic heterocycles. The van der Waals surface area contributed by atoms with E-state index in [0.29, 0.717) is 6.61 Å². The molecule has 2 rings (SSSR count). The van der Waals surface area contributed by atoms with Crippen LogP contribution in [-0.4, -0.2) is 38.3 Å². The van der Waals surface area contributed by atoms with Crippen molar-refractivity contribution in [1.29, 1.82) is 0 Å². The second kappa shape index (κ2) is 7.43. The summed E-state index contributed by atoms with van der Waals surface area (Å²) in [7, 11) is 1.65. The van der Waals surface area contributed by atoms with Gasteiger partial charge < -0.3 is 14.8 Å². The van der Waals surface area contributed by atoms with Crippen LogP contribution < -0.4 is 15.4 Å². The number of nitrogens with one attached hydrogen (secondary N) is 2. The third-order valence-corrected chi connectivity index (χ3v) is 3.76. The molecule has 1 aromatic rings. The zero-order valence-corrected chi connectivity index (χ0v) is 12.9. The van der Waals surface area contributed by atoms with E-state index < -0.39 is 0 Å². The van der Waals surface area contributed by atoms with Crippen molar-refractivity contribution in [2.45, 2.75) is 38.4 Å². The molecule has 116 valence electrons. The number of carbonyl (C=O) groups is 1. The molecule has 0 radical (unpaired) electrons. The van der Waals surface area contributed by atoms with Crippen molar-refractivity contribution in [1.82, 2.24) is 10.6 Å². The fraction of sp³-hybridized carbons (Fsp3) is 0.562. The molecule has 2 N–H and O–H groups in total. The second-order valence-electron chi connectivity index (χ2n) is 5.46. The number of benzene rings is 1. The molecule has 5 nitrogen and oxygen atoms in total. The first-order valence-electron chi connectivity index (χ1n) is 7.38. The highest BCUT2D eigenvalue weighted by molar-refractivity contribution is 5.81. The molecule has 1 heterocycles. The van der Waals surface area contributed by atoms with E-state index in [2.05, 4.69) is 10.6 Å². The van der Waals surface area contributed by atoms with Crippen LogP contribution in [0.5, 0.6) is 5.75 Å². The summed E-state index contributed by atoms with van der Waals surface area (Å²) in [5.74, 6) is 0.835. The van der Waals surface area contributed by atoms with Gasteiger partial charge in [-0.15, -0.1) is 0 Å². The van der Waals surface area contributed by atoms with E-state index in [4.69, 9.17) is 9.47 Å². The number of amides is 1. The summed E-state index contributed by atoms with van der Waals surface area (Å²) in [5.41, 5.74) is 1.10. The van der Waals surface area contributed by atoms with Gasteiger partial charge in [-0.25, -0.2) is 0 Å². The van der Waals surface area contributed by atoms with Gasteiger partial charge in [0.1, 0.15) is 5.75 Å². The van der Waals surface area contributed by atoms with Crippen molar-refractivity contribution in [2.75, 3.05) is 20.3 Å². The SMILES string of the molecule is COc1cccc([C@H](C)N[C@H](C)C(=O)N[C@@H]2CCOC2)c1. The van der Waals surface area contributed by atoms with E-state index in [1.165, 1.54) is 0 Å². The molecular formula is C16H24N2O3. The van der Waals surface area contributed by atoms with Gasteiger partial charge >= 0.3 is 0 Å². The van der Waals surface area contributed by atoms with E-state index in [9.17, 15) is 4.79 Å². The van der Waals surface area contributed by atoms with Crippen molar-refractivity contribution < 1.29 is 14.3 Å². The Balaban J connectivity index is 1.88. The minimum atomic E-state index is -0.258. The van der Waals surface area contributed by atoms with Crippen LogP contribution in [0, 0.1) is 0 Å². The van der Waals surface area contributed by atoms with Gasteiger partial charge in [0.15, 0.2) is 0 Å². The van der Waals surface area contributed by atoms with Crippen LogP contribution in [0.3, 0.4) is 0 Å². The van der Waals surface area contributed by atoms with E-state index in [0.717, 1.165) is 24.3 Å². The van der Waals surface area contributed by atoms with Crippen LogP contribution in [0.1, 0.15) is 31.9 Å². The summed E-state index contributed by atoms with van der Waals surface area (Å²) in [5, 5.41) is 6.32. The number of hydrogen-bond acceptors (Lipinski definition) is 4. The van der Waals surface area contributed by atoms with Crippen LogP contribution >= 0.6 is 0 Å². The summed E-state index contributed by atoms with van der Waals surface area (Å²) < 4.78 is 10.5. The van der Waals surface area contributed by atoms with Gasteiger partial charge in [0, 0.05) is 12.6 Å². The zero-order valence-electron chi connectivity index (χ0n) is 12.9. The summed E-state index contributed by atoms with van der Waals surface area (Å²) in [6.45, 7) is 5.26. The summed E-state index contributed by atoms with van der Waals surface area (Å²) in [4.78, 5) is 12.1. The third-order valence-electron chi connectivity index (χ3n) is 3.76. The molecule has 21 heavy (non-hydrogen) atoms. The minimum absolute atomic E-state index is 0.0141. The predicted octanol–water partition coefficient (Wildman–Crippen LogP) is 1.64. The smallest absolute Gasteiger partial charge is 0.237 e. The van der Waals surface area contributed by atoms with E-state index >= 15 is 0 Å². The molecule has 0 aliphatic carbocycles. The Hall–Kier alpha value is -1.59. The van der Waals surface area contributed by atoms with E-state index in [1.54, 1.807) is 7.11 Å². The minimum Gasteiger partial charge on any atom is -0.497 e. The number of ether oxygens (including phenoxy) is 2. The van der Waals surface area contributed by atoms with Gasteiger partial charge in [0.05, 0.1) is 25.8 Å². The lowest BCUT2D eigenvalue weighted by Crippen LogP contribution is -2.47. The highest BCUT2D eigenvalue weighted by atomic mass is 16.5. The Morgan fingerprint density at radius 2 is 2.24 bits per heavy atom. The van der Waals surface area contributed by atoms with Gasteiger partial charge in [0.25, 0.3) is 0 Å². The zero-order chi connectivity index (χ0) is 15.2. The van der Waals surface area contributed by atoms with Crippen molar-refractivity contribution in [3.05, 3.63) is 29.8 Å². The number of methoxy groups -OCH3 is 1. The fourth-order valence-corrected chi connectivity index (χ4v) is 2.43. The van der Waals surface area contributed by atoms with Crippen molar-refractivity contribution in [3.8, 4) is 5.75 Å². The van der Waals surface area contributed by atoms with Gasteiger partial charge in [0.2, 0.25) is 5.91 Å². The normalized spacial score (nSPS) is 20.8. The average molecular weight is 292 g/mol. The predicted molar refractivity (Wildman–Crippen MR) is 81.4 cm³/mol. The molecule has 1 aromatic carbocycles. The second-order valence-corrected chi connectivity index (χ2v) is 5.46. The van der Waals surface area contributed by atoms with Crippen LogP contribution in [0.15, 0.2) is 24.3 Å².